The van der Waals surface area contributed by atoms with Crippen molar-refractivity contribution in [2.75, 3.05) is 0 Å². The minimum absolute atomic E-state index is 0.0143. The van der Waals surface area contributed by atoms with E-state index in [1.165, 1.54) is 36.0 Å². The van der Waals surface area contributed by atoms with E-state index in [9.17, 15) is 9.59 Å². The largest absolute Gasteiger partial charge is 0.476 e. The van der Waals surface area contributed by atoms with Gasteiger partial charge in [0.15, 0.2) is 5.69 Å². The molecule has 0 saturated heterocycles. The zero-order valence-electron chi connectivity index (χ0n) is 10.0. The van der Waals surface area contributed by atoms with Gasteiger partial charge in [-0.1, -0.05) is 19.3 Å². The zero-order chi connectivity index (χ0) is 13.0. The molecule has 0 atom stereocenters. The van der Waals surface area contributed by atoms with Gasteiger partial charge in [-0.2, -0.15) is 0 Å². The summed E-state index contributed by atoms with van der Waals surface area (Å²) in [7, 11) is 0. The second-order valence-corrected chi connectivity index (χ2v) is 5.45. The molecule has 0 spiro atoms. The summed E-state index contributed by atoms with van der Waals surface area (Å²) in [6.07, 6.45) is 5.86. The fourth-order valence-electron chi connectivity index (χ4n) is 2.15. The van der Waals surface area contributed by atoms with Crippen LogP contribution in [0.15, 0.2) is 5.38 Å². The van der Waals surface area contributed by atoms with Crippen LogP contribution in [-0.4, -0.2) is 28.0 Å². The predicted octanol–water partition coefficient (Wildman–Crippen LogP) is 1.83. The molecule has 1 heterocycles. The number of thiazole rings is 1. The van der Waals surface area contributed by atoms with E-state index in [1.807, 2.05) is 0 Å². The minimum Gasteiger partial charge on any atom is -0.476 e. The van der Waals surface area contributed by atoms with E-state index in [-0.39, 0.29) is 24.1 Å². The van der Waals surface area contributed by atoms with Crippen molar-refractivity contribution in [3.8, 4) is 0 Å². The first-order chi connectivity index (χ1) is 8.65. The van der Waals surface area contributed by atoms with Crippen LogP contribution in [0, 0.1) is 0 Å². The number of aromatic carboxylic acids is 1. The molecule has 2 N–H and O–H groups in total. The molecule has 1 aliphatic rings. The van der Waals surface area contributed by atoms with Gasteiger partial charge < -0.3 is 10.4 Å². The SMILES string of the molecule is O=C(Cc1nc(C(=O)O)cs1)NC1CCCCC1. The summed E-state index contributed by atoms with van der Waals surface area (Å²) in [5, 5.41) is 13.7. The van der Waals surface area contributed by atoms with E-state index in [1.54, 1.807) is 0 Å². The lowest BCUT2D eigenvalue weighted by molar-refractivity contribution is -0.121. The van der Waals surface area contributed by atoms with Crippen LogP contribution in [0.4, 0.5) is 0 Å². The van der Waals surface area contributed by atoms with Crippen LogP contribution in [0.5, 0.6) is 0 Å². The number of rotatable bonds is 4. The maximum atomic E-state index is 11.8. The highest BCUT2D eigenvalue weighted by Gasteiger charge is 2.17. The summed E-state index contributed by atoms with van der Waals surface area (Å²) < 4.78 is 0. The van der Waals surface area contributed by atoms with Gasteiger partial charge in [0, 0.05) is 11.4 Å². The Kier molecular flexibility index (Phi) is 4.30. The van der Waals surface area contributed by atoms with Crippen molar-refractivity contribution in [3.63, 3.8) is 0 Å². The van der Waals surface area contributed by atoms with Crippen molar-refractivity contribution < 1.29 is 14.7 Å². The molecule has 0 aromatic carbocycles. The normalized spacial score (nSPS) is 16.4. The van der Waals surface area contributed by atoms with E-state index in [0.29, 0.717) is 5.01 Å². The highest BCUT2D eigenvalue weighted by molar-refractivity contribution is 7.09. The number of carboxylic acids is 1. The molecular weight excluding hydrogens is 252 g/mol. The van der Waals surface area contributed by atoms with Crippen LogP contribution in [-0.2, 0) is 11.2 Å². The number of aromatic nitrogens is 1. The van der Waals surface area contributed by atoms with E-state index < -0.39 is 5.97 Å². The summed E-state index contributed by atoms with van der Waals surface area (Å²) in [6.45, 7) is 0. The second kappa shape index (κ2) is 5.95. The Labute approximate surface area is 109 Å². The van der Waals surface area contributed by atoms with Gasteiger partial charge in [-0.15, -0.1) is 11.3 Å². The third-order valence-corrected chi connectivity index (χ3v) is 3.90. The first-order valence-corrected chi connectivity index (χ1v) is 7.00. The summed E-state index contributed by atoms with van der Waals surface area (Å²) in [4.78, 5) is 26.3. The van der Waals surface area contributed by atoms with Crippen LogP contribution in [0.25, 0.3) is 0 Å². The lowest BCUT2D eigenvalue weighted by Gasteiger charge is -2.22. The van der Waals surface area contributed by atoms with Gasteiger partial charge >= 0.3 is 5.97 Å². The Morgan fingerprint density at radius 2 is 2.11 bits per heavy atom. The van der Waals surface area contributed by atoms with Gasteiger partial charge in [-0.05, 0) is 12.8 Å². The molecule has 1 fully saturated rings. The average molecular weight is 268 g/mol. The maximum absolute atomic E-state index is 11.8. The van der Waals surface area contributed by atoms with Crippen LogP contribution >= 0.6 is 11.3 Å². The van der Waals surface area contributed by atoms with Crippen LogP contribution in [0.3, 0.4) is 0 Å². The van der Waals surface area contributed by atoms with Crippen molar-refractivity contribution in [2.45, 2.75) is 44.6 Å². The van der Waals surface area contributed by atoms with Crippen molar-refractivity contribution in [2.24, 2.45) is 0 Å². The minimum atomic E-state index is -1.05. The number of hydrogen-bond acceptors (Lipinski definition) is 4. The maximum Gasteiger partial charge on any atom is 0.355 e. The highest BCUT2D eigenvalue weighted by Crippen LogP contribution is 2.17. The average Bonchev–Trinajstić information content (AvgIpc) is 2.78. The van der Waals surface area contributed by atoms with Crippen LogP contribution < -0.4 is 5.32 Å². The van der Waals surface area contributed by atoms with E-state index >= 15 is 0 Å². The fraction of sp³-hybridized carbons (Fsp3) is 0.583. The lowest BCUT2D eigenvalue weighted by Crippen LogP contribution is -2.37. The third-order valence-electron chi connectivity index (χ3n) is 3.05. The number of carboxylic acid groups (broad SMARTS) is 1. The Morgan fingerprint density at radius 1 is 1.39 bits per heavy atom. The molecule has 1 aromatic rings. The smallest absolute Gasteiger partial charge is 0.355 e. The number of hydrogen-bond donors (Lipinski definition) is 2. The van der Waals surface area contributed by atoms with Crippen LogP contribution in [0.1, 0.15) is 47.6 Å². The summed E-state index contributed by atoms with van der Waals surface area (Å²) >= 11 is 1.22. The van der Waals surface area contributed by atoms with Gasteiger partial charge in [0.1, 0.15) is 5.01 Å². The molecule has 0 bridgehead atoms. The second-order valence-electron chi connectivity index (χ2n) is 4.51. The number of amides is 1. The first-order valence-electron chi connectivity index (χ1n) is 6.12. The molecule has 1 saturated carbocycles. The van der Waals surface area contributed by atoms with Crippen molar-refractivity contribution >= 4 is 23.2 Å². The lowest BCUT2D eigenvalue weighted by atomic mass is 9.95. The molecule has 98 valence electrons. The van der Waals surface area contributed by atoms with Gasteiger partial charge in [-0.25, -0.2) is 9.78 Å². The van der Waals surface area contributed by atoms with E-state index in [2.05, 4.69) is 10.3 Å². The fourth-order valence-corrected chi connectivity index (χ4v) is 2.92. The number of nitrogens with zero attached hydrogens (tertiary/aromatic N) is 1. The molecule has 2 rings (SSSR count). The molecule has 0 aliphatic heterocycles. The van der Waals surface area contributed by atoms with Gasteiger partial charge in [0.25, 0.3) is 0 Å². The topological polar surface area (TPSA) is 79.3 Å². The Hall–Kier alpha value is -1.43. The summed E-state index contributed by atoms with van der Waals surface area (Å²) in [5.41, 5.74) is 0.0143. The standard InChI is InChI=1S/C12H16N2O3S/c15-10(13-8-4-2-1-3-5-8)6-11-14-9(7-18-11)12(16)17/h7-8H,1-6H2,(H,13,15)(H,16,17). The molecule has 1 amide bonds. The predicted molar refractivity (Wildman–Crippen MR) is 67.8 cm³/mol. The highest BCUT2D eigenvalue weighted by atomic mass is 32.1. The van der Waals surface area contributed by atoms with E-state index in [4.69, 9.17) is 5.11 Å². The van der Waals surface area contributed by atoms with Gasteiger partial charge in [-0.3, -0.25) is 4.79 Å². The number of nitrogens with one attached hydrogen (secondary N) is 1. The summed E-state index contributed by atoms with van der Waals surface area (Å²) in [6, 6.07) is 0.283. The quantitative estimate of drug-likeness (QED) is 0.873. The molecular formula is C12H16N2O3S. The molecule has 1 aromatic heterocycles. The molecule has 1 aliphatic carbocycles. The molecule has 5 nitrogen and oxygen atoms in total. The van der Waals surface area contributed by atoms with Crippen molar-refractivity contribution in [1.29, 1.82) is 0 Å². The first kappa shape index (κ1) is 13.0. The zero-order valence-corrected chi connectivity index (χ0v) is 10.8. The van der Waals surface area contributed by atoms with E-state index in [0.717, 1.165) is 12.8 Å². The Morgan fingerprint density at radius 3 is 2.72 bits per heavy atom. The number of carbonyl (C=O) groups is 2. The molecule has 18 heavy (non-hydrogen) atoms. The van der Waals surface area contributed by atoms with Crippen LogP contribution in [0.2, 0.25) is 0 Å². The Balaban J connectivity index is 1.84. The Bertz CT molecular complexity index is 438. The van der Waals surface area contributed by atoms with Gasteiger partial charge in [0.2, 0.25) is 5.91 Å². The third kappa shape index (κ3) is 3.53. The van der Waals surface area contributed by atoms with Crippen molar-refractivity contribution in [1.82, 2.24) is 10.3 Å². The van der Waals surface area contributed by atoms with Gasteiger partial charge in [0.05, 0.1) is 6.42 Å². The molecule has 0 radical (unpaired) electrons. The number of carbonyl (C=O) groups excluding carboxylic acids is 1. The summed E-state index contributed by atoms with van der Waals surface area (Å²) in [5.74, 6) is -1.11. The van der Waals surface area contributed by atoms with Crippen molar-refractivity contribution in [3.05, 3.63) is 16.1 Å². The monoisotopic (exact) mass is 268 g/mol. The molecule has 0 unspecified atom stereocenters. The molecule has 6 heteroatoms.